The first-order valence-electron chi connectivity index (χ1n) is 7.21. The zero-order valence-electron chi connectivity index (χ0n) is 12.5. The quantitative estimate of drug-likeness (QED) is 0.764. The third-order valence-corrected chi connectivity index (χ3v) is 4.27. The molecule has 120 valence electrons. The molecule has 0 bridgehead atoms. The molecule has 0 spiro atoms. The molecular weight excluding hydrogens is 326 g/mol. The van der Waals surface area contributed by atoms with Crippen LogP contribution < -0.4 is 20.5 Å². The lowest BCUT2D eigenvalue weighted by Gasteiger charge is -2.07. The lowest BCUT2D eigenvalue weighted by Crippen LogP contribution is -2.11. The van der Waals surface area contributed by atoms with E-state index in [4.69, 9.17) is 15.2 Å². The van der Waals surface area contributed by atoms with Crippen molar-refractivity contribution in [2.45, 2.75) is 0 Å². The lowest BCUT2D eigenvalue weighted by atomic mass is 10.1. The van der Waals surface area contributed by atoms with E-state index in [1.165, 1.54) is 11.3 Å². The largest absolute Gasteiger partial charge is 0.454 e. The Labute approximate surface area is 141 Å². The smallest absolute Gasteiger partial charge is 0.255 e. The van der Waals surface area contributed by atoms with Crippen molar-refractivity contribution in [3.63, 3.8) is 0 Å². The number of fused-ring (bicyclic) bond motifs is 1. The zero-order chi connectivity index (χ0) is 16.5. The molecule has 3 N–H and O–H groups in total. The highest BCUT2D eigenvalue weighted by atomic mass is 32.1. The number of hydrogen-bond donors (Lipinski definition) is 2. The second-order valence-electron chi connectivity index (χ2n) is 5.17. The number of aromatic nitrogens is 1. The van der Waals surface area contributed by atoms with Crippen LogP contribution in [-0.4, -0.2) is 17.7 Å². The Balaban J connectivity index is 1.49. The summed E-state index contributed by atoms with van der Waals surface area (Å²) in [6.45, 7) is 0.184. The Morgan fingerprint density at radius 3 is 2.67 bits per heavy atom. The Kier molecular flexibility index (Phi) is 3.55. The molecule has 1 aliphatic heterocycles. The van der Waals surface area contributed by atoms with Crippen LogP contribution in [0.5, 0.6) is 11.5 Å². The summed E-state index contributed by atoms with van der Waals surface area (Å²) in [5, 5.41) is 5.29. The molecule has 0 saturated carbocycles. The first kappa shape index (κ1) is 14.5. The van der Waals surface area contributed by atoms with Gasteiger partial charge in [0.05, 0.1) is 5.69 Å². The number of carbonyl (C=O) groups excluding carboxylic acids is 1. The van der Waals surface area contributed by atoms with Gasteiger partial charge >= 0.3 is 0 Å². The number of thiazole rings is 1. The number of rotatable bonds is 3. The molecule has 1 aliphatic rings. The highest BCUT2D eigenvalue weighted by Gasteiger charge is 2.16. The molecule has 0 fully saturated rings. The average Bonchev–Trinajstić information content (AvgIpc) is 3.23. The summed E-state index contributed by atoms with van der Waals surface area (Å²) >= 11 is 1.40. The molecule has 0 atom stereocenters. The van der Waals surface area contributed by atoms with E-state index in [1.54, 1.807) is 18.2 Å². The summed E-state index contributed by atoms with van der Waals surface area (Å²) in [5.74, 6) is 1.02. The van der Waals surface area contributed by atoms with Gasteiger partial charge in [0.1, 0.15) is 0 Å². The Morgan fingerprint density at radius 1 is 1.12 bits per heavy atom. The van der Waals surface area contributed by atoms with Crippen LogP contribution in [0.1, 0.15) is 10.4 Å². The summed E-state index contributed by atoms with van der Waals surface area (Å²) in [4.78, 5) is 16.6. The number of hydrogen-bond acceptors (Lipinski definition) is 6. The van der Waals surface area contributed by atoms with E-state index in [-0.39, 0.29) is 12.7 Å². The first-order chi connectivity index (χ1) is 11.7. The van der Waals surface area contributed by atoms with Gasteiger partial charge in [0.25, 0.3) is 5.91 Å². The van der Waals surface area contributed by atoms with Crippen molar-refractivity contribution < 1.29 is 14.3 Å². The van der Waals surface area contributed by atoms with Crippen molar-refractivity contribution in [3.05, 3.63) is 53.4 Å². The minimum absolute atomic E-state index is 0.184. The Bertz CT molecular complexity index is 906. The van der Waals surface area contributed by atoms with Crippen LogP contribution in [0, 0.1) is 0 Å². The lowest BCUT2D eigenvalue weighted by molar-refractivity contribution is 0.102. The number of amides is 1. The third-order valence-electron chi connectivity index (χ3n) is 3.60. The van der Waals surface area contributed by atoms with Gasteiger partial charge in [-0.25, -0.2) is 4.98 Å². The van der Waals surface area contributed by atoms with Crippen molar-refractivity contribution in [3.8, 4) is 22.8 Å². The summed E-state index contributed by atoms with van der Waals surface area (Å²) < 4.78 is 10.5. The molecule has 2 heterocycles. The van der Waals surface area contributed by atoms with E-state index in [0.717, 1.165) is 11.3 Å². The molecule has 0 aliphatic carbocycles. The summed E-state index contributed by atoms with van der Waals surface area (Å²) in [7, 11) is 0. The second kappa shape index (κ2) is 5.86. The number of nitrogen functional groups attached to an aromatic ring is 1. The molecule has 4 rings (SSSR count). The maximum atomic E-state index is 12.3. The van der Waals surface area contributed by atoms with Crippen LogP contribution in [0.15, 0.2) is 47.8 Å². The van der Waals surface area contributed by atoms with E-state index in [1.807, 2.05) is 29.6 Å². The number of carbonyl (C=O) groups is 1. The maximum Gasteiger partial charge on any atom is 0.255 e. The third kappa shape index (κ3) is 2.77. The fourth-order valence-electron chi connectivity index (χ4n) is 2.39. The van der Waals surface area contributed by atoms with Gasteiger partial charge in [-0.15, -0.1) is 11.3 Å². The normalized spacial score (nSPS) is 12.2. The minimum Gasteiger partial charge on any atom is -0.454 e. The van der Waals surface area contributed by atoms with Crippen LogP contribution >= 0.6 is 11.3 Å². The molecule has 24 heavy (non-hydrogen) atoms. The number of nitrogens with two attached hydrogens (primary N) is 1. The number of ether oxygens (including phenoxy) is 2. The second-order valence-corrected chi connectivity index (χ2v) is 6.06. The number of nitrogens with one attached hydrogen (secondary N) is 1. The van der Waals surface area contributed by atoms with Crippen molar-refractivity contribution in [1.29, 1.82) is 0 Å². The SMILES string of the molecule is Nc1nc(-c2ccc(NC(=O)c3ccc4c(c3)OCO4)cc2)cs1. The number of benzene rings is 2. The highest BCUT2D eigenvalue weighted by molar-refractivity contribution is 7.13. The predicted octanol–water partition coefficient (Wildman–Crippen LogP) is 3.37. The van der Waals surface area contributed by atoms with Crippen molar-refractivity contribution in [2.75, 3.05) is 17.8 Å². The van der Waals surface area contributed by atoms with Gasteiger partial charge in [-0.3, -0.25) is 4.79 Å². The van der Waals surface area contributed by atoms with Crippen molar-refractivity contribution in [2.24, 2.45) is 0 Å². The van der Waals surface area contributed by atoms with E-state index >= 15 is 0 Å². The molecule has 2 aromatic carbocycles. The van der Waals surface area contributed by atoms with Crippen LogP contribution in [-0.2, 0) is 0 Å². The molecule has 1 aromatic heterocycles. The Hall–Kier alpha value is -3.06. The van der Waals surface area contributed by atoms with Crippen LogP contribution in [0.4, 0.5) is 10.8 Å². The molecule has 6 nitrogen and oxygen atoms in total. The topological polar surface area (TPSA) is 86.5 Å². The number of nitrogens with zero attached hydrogens (tertiary/aromatic N) is 1. The number of anilines is 2. The van der Waals surface area contributed by atoms with Crippen LogP contribution in [0.25, 0.3) is 11.3 Å². The van der Waals surface area contributed by atoms with Gasteiger partial charge in [-0.05, 0) is 30.3 Å². The van der Waals surface area contributed by atoms with Crippen molar-refractivity contribution in [1.82, 2.24) is 4.98 Å². The van der Waals surface area contributed by atoms with E-state index in [2.05, 4.69) is 10.3 Å². The fraction of sp³-hybridized carbons (Fsp3) is 0.0588. The van der Waals surface area contributed by atoms with E-state index in [9.17, 15) is 4.79 Å². The first-order valence-corrected chi connectivity index (χ1v) is 8.09. The molecule has 0 saturated heterocycles. The minimum atomic E-state index is -0.209. The summed E-state index contributed by atoms with van der Waals surface area (Å²) in [6.07, 6.45) is 0. The molecule has 3 aromatic rings. The maximum absolute atomic E-state index is 12.3. The van der Waals surface area contributed by atoms with Crippen LogP contribution in [0.3, 0.4) is 0 Å². The predicted molar refractivity (Wildman–Crippen MR) is 92.5 cm³/mol. The van der Waals surface area contributed by atoms with Gasteiger partial charge in [0.2, 0.25) is 6.79 Å². The van der Waals surface area contributed by atoms with Gasteiger partial charge in [0.15, 0.2) is 16.6 Å². The molecule has 7 heteroatoms. The van der Waals surface area contributed by atoms with Gasteiger partial charge in [0, 0.05) is 22.2 Å². The molecule has 0 unspecified atom stereocenters. The highest BCUT2D eigenvalue weighted by Crippen LogP contribution is 2.32. The monoisotopic (exact) mass is 339 g/mol. The van der Waals surface area contributed by atoms with Gasteiger partial charge in [-0.2, -0.15) is 0 Å². The molecule has 1 amide bonds. The molecular formula is C17H13N3O3S. The fourth-order valence-corrected chi connectivity index (χ4v) is 2.96. The van der Waals surface area contributed by atoms with E-state index < -0.39 is 0 Å². The van der Waals surface area contributed by atoms with Crippen LogP contribution in [0.2, 0.25) is 0 Å². The summed E-state index contributed by atoms with van der Waals surface area (Å²) in [6, 6.07) is 12.5. The van der Waals surface area contributed by atoms with E-state index in [0.29, 0.717) is 27.9 Å². The Morgan fingerprint density at radius 2 is 1.92 bits per heavy atom. The van der Waals surface area contributed by atoms with Crippen molar-refractivity contribution >= 4 is 28.1 Å². The molecule has 0 radical (unpaired) electrons. The van der Waals surface area contributed by atoms with Gasteiger partial charge in [-0.1, -0.05) is 12.1 Å². The standard InChI is InChI=1S/C17H13N3O3S/c18-17-20-13(8-24-17)10-1-4-12(5-2-10)19-16(21)11-3-6-14-15(7-11)23-9-22-14/h1-8H,9H2,(H2,18,20)(H,19,21). The average molecular weight is 339 g/mol. The van der Waals surface area contributed by atoms with Gasteiger partial charge < -0.3 is 20.5 Å². The summed E-state index contributed by atoms with van der Waals surface area (Å²) in [5.41, 5.74) is 8.63. The zero-order valence-corrected chi connectivity index (χ0v) is 13.3.